The Morgan fingerprint density at radius 1 is 1.31 bits per heavy atom. The molecule has 1 N–H and O–H groups in total. The third-order valence-corrected chi connectivity index (χ3v) is 4.21. The number of carbonyl (C=O) groups excluding carboxylic acids is 2. The molecule has 2 rings (SSSR count). The molecule has 1 unspecified atom stereocenters. The minimum atomic E-state index is -0.623. The number of rotatable bonds is 3. The minimum Gasteiger partial charge on any atom is -0.342 e. The molecule has 1 saturated heterocycles. The van der Waals surface area contributed by atoms with E-state index in [2.05, 4.69) is 5.32 Å². The summed E-state index contributed by atoms with van der Waals surface area (Å²) in [7, 11) is 1.77. The fraction of sp³-hybridized carbons (Fsp3) is 0.833. The van der Waals surface area contributed by atoms with Gasteiger partial charge in [-0.15, -0.1) is 0 Å². The van der Waals surface area contributed by atoms with Gasteiger partial charge in [0.2, 0.25) is 11.8 Å². The highest BCUT2D eigenvalue weighted by Gasteiger charge is 2.52. The number of nitrogens with zero attached hydrogens (tertiary/aromatic N) is 1. The van der Waals surface area contributed by atoms with Crippen LogP contribution in [0, 0.1) is 5.92 Å². The van der Waals surface area contributed by atoms with Crippen molar-refractivity contribution >= 4 is 11.8 Å². The van der Waals surface area contributed by atoms with E-state index in [9.17, 15) is 9.59 Å². The van der Waals surface area contributed by atoms with Crippen LogP contribution >= 0.6 is 0 Å². The lowest BCUT2D eigenvalue weighted by Gasteiger charge is -2.45. The maximum Gasteiger partial charge on any atom is 0.246 e. The monoisotopic (exact) mass is 224 g/mol. The Kier molecular flexibility index (Phi) is 2.68. The average molecular weight is 224 g/mol. The van der Waals surface area contributed by atoms with Gasteiger partial charge in [-0.2, -0.15) is 0 Å². The first-order valence-corrected chi connectivity index (χ1v) is 6.15. The molecule has 0 spiro atoms. The molecular formula is C12H20N2O2. The molecule has 2 amide bonds. The van der Waals surface area contributed by atoms with Crippen LogP contribution in [-0.2, 0) is 9.59 Å². The van der Waals surface area contributed by atoms with E-state index in [1.807, 2.05) is 13.8 Å². The maximum atomic E-state index is 12.2. The molecule has 0 aromatic heterocycles. The summed E-state index contributed by atoms with van der Waals surface area (Å²) >= 11 is 0. The van der Waals surface area contributed by atoms with E-state index >= 15 is 0 Å². The van der Waals surface area contributed by atoms with Crippen molar-refractivity contribution in [2.45, 2.75) is 51.1 Å². The molecule has 1 aliphatic heterocycles. The predicted octanol–water partition coefficient (Wildman–Crippen LogP) is 0.912. The first-order chi connectivity index (χ1) is 7.56. The van der Waals surface area contributed by atoms with Crippen LogP contribution in [0.5, 0.6) is 0 Å². The van der Waals surface area contributed by atoms with Crippen molar-refractivity contribution in [2.75, 3.05) is 7.05 Å². The van der Waals surface area contributed by atoms with Crippen LogP contribution in [0.1, 0.15) is 39.5 Å². The van der Waals surface area contributed by atoms with Gasteiger partial charge in [-0.25, -0.2) is 0 Å². The Hall–Kier alpha value is -1.06. The number of piperazine rings is 1. The quantitative estimate of drug-likeness (QED) is 0.774. The van der Waals surface area contributed by atoms with Crippen LogP contribution in [-0.4, -0.2) is 35.3 Å². The van der Waals surface area contributed by atoms with Crippen LogP contribution in [0.2, 0.25) is 0 Å². The van der Waals surface area contributed by atoms with Gasteiger partial charge in [0.05, 0.1) is 0 Å². The Morgan fingerprint density at radius 2 is 1.88 bits per heavy atom. The topological polar surface area (TPSA) is 49.4 Å². The molecule has 4 nitrogen and oxygen atoms in total. The average Bonchev–Trinajstić information content (AvgIpc) is 3.09. The number of likely N-dealkylation sites (N-methyl/N-ethyl adjacent to an activating group) is 1. The van der Waals surface area contributed by atoms with E-state index in [4.69, 9.17) is 0 Å². The van der Waals surface area contributed by atoms with Crippen molar-refractivity contribution in [1.82, 2.24) is 10.2 Å². The molecule has 4 heteroatoms. The second-order valence-electron chi connectivity index (χ2n) is 4.92. The molecule has 2 aliphatic rings. The Labute approximate surface area is 96.4 Å². The van der Waals surface area contributed by atoms with Crippen LogP contribution in [0.4, 0.5) is 0 Å². The second-order valence-corrected chi connectivity index (χ2v) is 4.92. The predicted molar refractivity (Wildman–Crippen MR) is 60.7 cm³/mol. The normalized spacial score (nSPS) is 29.2. The molecule has 0 bridgehead atoms. The molecule has 2 fully saturated rings. The molecular weight excluding hydrogens is 204 g/mol. The van der Waals surface area contributed by atoms with Crippen LogP contribution in [0.25, 0.3) is 0 Å². The first kappa shape index (κ1) is 11.4. The summed E-state index contributed by atoms with van der Waals surface area (Å²) in [6, 6.07) is -0.260. The standard InChI is InChI=1S/C12H20N2O2/c1-4-12(5-2)11(16)13-9(8-6-7-8)10(15)14(12)3/h8-9H,4-7H2,1-3H3,(H,13,16). The van der Waals surface area contributed by atoms with Crippen molar-refractivity contribution < 1.29 is 9.59 Å². The number of amides is 2. The smallest absolute Gasteiger partial charge is 0.246 e. The van der Waals surface area contributed by atoms with Crippen LogP contribution in [0.3, 0.4) is 0 Å². The van der Waals surface area contributed by atoms with E-state index in [0.717, 1.165) is 12.8 Å². The van der Waals surface area contributed by atoms with Gasteiger partial charge in [-0.3, -0.25) is 9.59 Å². The SMILES string of the molecule is CCC1(CC)C(=O)NC(C2CC2)C(=O)N1C. The molecule has 1 aliphatic carbocycles. The van der Waals surface area contributed by atoms with Gasteiger partial charge in [0.1, 0.15) is 11.6 Å². The molecule has 1 heterocycles. The van der Waals surface area contributed by atoms with Gasteiger partial charge in [0.15, 0.2) is 0 Å². The molecule has 16 heavy (non-hydrogen) atoms. The zero-order valence-electron chi connectivity index (χ0n) is 10.2. The van der Waals surface area contributed by atoms with E-state index in [1.54, 1.807) is 11.9 Å². The zero-order valence-corrected chi connectivity index (χ0v) is 10.2. The summed E-state index contributed by atoms with van der Waals surface area (Å²) in [5.41, 5.74) is -0.623. The molecule has 0 radical (unpaired) electrons. The number of nitrogens with one attached hydrogen (secondary N) is 1. The minimum absolute atomic E-state index is 0.0245. The van der Waals surface area contributed by atoms with Gasteiger partial charge in [0.25, 0.3) is 0 Å². The fourth-order valence-electron chi connectivity index (χ4n) is 2.70. The highest BCUT2D eigenvalue weighted by atomic mass is 16.2. The highest BCUT2D eigenvalue weighted by molar-refractivity contribution is 5.99. The van der Waals surface area contributed by atoms with E-state index in [-0.39, 0.29) is 17.9 Å². The lowest BCUT2D eigenvalue weighted by atomic mass is 9.86. The first-order valence-electron chi connectivity index (χ1n) is 6.15. The zero-order chi connectivity index (χ0) is 11.9. The summed E-state index contributed by atoms with van der Waals surface area (Å²) in [5, 5.41) is 2.92. The largest absolute Gasteiger partial charge is 0.342 e. The third-order valence-electron chi connectivity index (χ3n) is 4.21. The van der Waals surface area contributed by atoms with Crippen molar-refractivity contribution in [1.29, 1.82) is 0 Å². The second kappa shape index (κ2) is 3.75. The van der Waals surface area contributed by atoms with Gasteiger partial charge in [-0.05, 0) is 31.6 Å². The Balaban J connectivity index is 2.26. The van der Waals surface area contributed by atoms with Crippen molar-refractivity contribution in [3.8, 4) is 0 Å². The van der Waals surface area contributed by atoms with Gasteiger partial charge in [0, 0.05) is 7.05 Å². The highest BCUT2D eigenvalue weighted by Crippen LogP contribution is 2.37. The number of hydrogen-bond donors (Lipinski definition) is 1. The van der Waals surface area contributed by atoms with Gasteiger partial charge in [-0.1, -0.05) is 13.8 Å². The van der Waals surface area contributed by atoms with E-state index in [1.165, 1.54) is 0 Å². The van der Waals surface area contributed by atoms with Crippen LogP contribution < -0.4 is 5.32 Å². The number of hydrogen-bond acceptors (Lipinski definition) is 2. The lowest BCUT2D eigenvalue weighted by Crippen LogP contribution is -2.69. The molecule has 0 aromatic rings. The molecule has 1 atom stereocenters. The third kappa shape index (κ3) is 1.43. The summed E-state index contributed by atoms with van der Waals surface area (Å²) < 4.78 is 0. The summed E-state index contributed by atoms with van der Waals surface area (Å²) in [6.07, 6.45) is 3.48. The molecule has 1 saturated carbocycles. The fourth-order valence-corrected chi connectivity index (χ4v) is 2.70. The maximum absolute atomic E-state index is 12.2. The summed E-state index contributed by atoms with van der Waals surface area (Å²) in [6.45, 7) is 3.93. The molecule has 90 valence electrons. The van der Waals surface area contributed by atoms with E-state index in [0.29, 0.717) is 18.8 Å². The van der Waals surface area contributed by atoms with Gasteiger partial charge < -0.3 is 10.2 Å². The van der Waals surface area contributed by atoms with E-state index < -0.39 is 5.54 Å². The summed E-state index contributed by atoms with van der Waals surface area (Å²) in [5.74, 6) is 0.493. The Bertz CT molecular complexity index is 317. The van der Waals surface area contributed by atoms with Crippen molar-refractivity contribution in [2.24, 2.45) is 5.92 Å². The Morgan fingerprint density at radius 3 is 2.31 bits per heavy atom. The number of carbonyl (C=O) groups is 2. The van der Waals surface area contributed by atoms with Crippen LogP contribution in [0.15, 0.2) is 0 Å². The van der Waals surface area contributed by atoms with Crippen molar-refractivity contribution in [3.05, 3.63) is 0 Å². The van der Waals surface area contributed by atoms with Crippen molar-refractivity contribution in [3.63, 3.8) is 0 Å². The summed E-state index contributed by atoms with van der Waals surface area (Å²) in [4.78, 5) is 26.0. The molecule has 0 aromatic carbocycles. The van der Waals surface area contributed by atoms with Gasteiger partial charge >= 0.3 is 0 Å². The lowest BCUT2D eigenvalue weighted by molar-refractivity contribution is -0.156.